The maximum absolute atomic E-state index is 13.1. The van der Waals surface area contributed by atoms with Gasteiger partial charge in [-0.3, -0.25) is 14.0 Å². The Morgan fingerprint density at radius 3 is 3.00 bits per heavy atom. The molecule has 1 aliphatic rings. The molecule has 1 amide bonds. The van der Waals surface area contributed by atoms with Crippen molar-refractivity contribution in [3.63, 3.8) is 0 Å². The number of hydrogen-bond donors (Lipinski definition) is 2. The number of fused-ring (bicyclic) bond motifs is 2. The number of aromatic nitrogens is 4. The summed E-state index contributed by atoms with van der Waals surface area (Å²) in [4.78, 5) is 28.5. The summed E-state index contributed by atoms with van der Waals surface area (Å²) in [7, 11) is 0. The van der Waals surface area contributed by atoms with Crippen molar-refractivity contribution in [3.05, 3.63) is 52.7 Å². The van der Waals surface area contributed by atoms with Gasteiger partial charge in [-0.15, -0.1) is 10.2 Å². The van der Waals surface area contributed by atoms with Crippen LogP contribution in [-0.2, 0) is 6.42 Å². The molecule has 2 N–H and O–H groups in total. The van der Waals surface area contributed by atoms with Gasteiger partial charge >= 0.3 is 0 Å². The minimum atomic E-state index is -0.271. The number of ketones is 1. The highest BCUT2D eigenvalue weighted by Gasteiger charge is 2.28. The number of Topliss-reactive ketones (excluding diaryl/α,β-unsaturated/α-hetero) is 1. The zero-order chi connectivity index (χ0) is 19.7. The molecule has 8 heteroatoms. The Kier molecular flexibility index (Phi) is 5.21. The average Bonchev–Trinajstić information content (AvgIpc) is 3.27. The van der Waals surface area contributed by atoms with E-state index in [4.69, 9.17) is 0 Å². The van der Waals surface area contributed by atoms with E-state index in [2.05, 4.69) is 20.5 Å². The van der Waals surface area contributed by atoms with E-state index in [1.165, 1.54) is 0 Å². The van der Waals surface area contributed by atoms with Crippen LogP contribution in [0.2, 0.25) is 0 Å². The molecule has 0 fully saturated rings. The summed E-state index contributed by atoms with van der Waals surface area (Å²) in [6.07, 6.45) is 6.86. The Hall–Kier alpha value is -2.61. The highest BCUT2D eigenvalue weighted by Crippen LogP contribution is 2.27. The van der Waals surface area contributed by atoms with Crippen LogP contribution in [-0.4, -0.2) is 43.3 Å². The number of amides is 1. The first-order chi connectivity index (χ1) is 13.6. The van der Waals surface area contributed by atoms with Crippen molar-refractivity contribution in [3.8, 4) is 0 Å². The summed E-state index contributed by atoms with van der Waals surface area (Å²) in [5.41, 5.74) is 3.55. The third-order valence-corrected chi connectivity index (χ3v) is 5.88. The van der Waals surface area contributed by atoms with Gasteiger partial charge in [-0.05, 0) is 55.9 Å². The molecule has 3 aromatic heterocycles. The maximum Gasteiger partial charge on any atom is 0.268 e. The Balaban J connectivity index is 1.64. The number of nitrogens with zero attached hydrogens (tertiary/aromatic N) is 3. The Morgan fingerprint density at radius 1 is 1.36 bits per heavy atom. The molecule has 1 atom stereocenters. The minimum absolute atomic E-state index is 0.122. The first-order valence-electron chi connectivity index (χ1n) is 9.44. The van der Waals surface area contributed by atoms with E-state index >= 15 is 0 Å². The van der Waals surface area contributed by atoms with Crippen molar-refractivity contribution in [1.29, 1.82) is 0 Å². The lowest BCUT2D eigenvalue weighted by Gasteiger charge is -2.17. The molecule has 3 aromatic rings. The predicted molar refractivity (Wildman–Crippen MR) is 109 cm³/mol. The van der Waals surface area contributed by atoms with Crippen molar-refractivity contribution < 1.29 is 9.59 Å². The smallest absolute Gasteiger partial charge is 0.268 e. The number of pyridine rings is 1. The summed E-state index contributed by atoms with van der Waals surface area (Å²) < 4.78 is 1.90. The van der Waals surface area contributed by atoms with Gasteiger partial charge in [-0.25, -0.2) is 0 Å². The largest absolute Gasteiger partial charge is 0.354 e. The Labute approximate surface area is 167 Å². The molecule has 0 spiro atoms. The van der Waals surface area contributed by atoms with E-state index in [1.807, 2.05) is 42.0 Å². The fourth-order valence-corrected chi connectivity index (χ4v) is 4.30. The monoisotopic (exact) mass is 397 g/mol. The fourth-order valence-electron chi connectivity index (χ4n) is 3.83. The van der Waals surface area contributed by atoms with Gasteiger partial charge in [0.2, 0.25) is 0 Å². The lowest BCUT2D eigenvalue weighted by Crippen LogP contribution is -2.31. The van der Waals surface area contributed by atoms with Crippen molar-refractivity contribution in [2.45, 2.75) is 38.6 Å². The first-order valence-corrected chi connectivity index (χ1v) is 10.8. The van der Waals surface area contributed by atoms with E-state index in [0.29, 0.717) is 23.5 Å². The van der Waals surface area contributed by atoms with Gasteiger partial charge < -0.3 is 10.3 Å². The lowest BCUT2D eigenvalue weighted by atomic mass is 9.94. The van der Waals surface area contributed by atoms with Crippen LogP contribution in [0.1, 0.15) is 63.2 Å². The second-order valence-electron chi connectivity index (χ2n) is 7.05. The summed E-state index contributed by atoms with van der Waals surface area (Å²) in [5, 5.41) is 11.6. The summed E-state index contributed by atoms with van der Waals surface area (Å²) >= 11 is 1.72. The average molecular weight is 398 g/mol. The summed E-state index contributed by atoms with van der Waals surface area (Å²) in [5.74, 6) is 1.50. The molecule has 146 valence electrons. The number of aryl methyl sites for hydroxylation is 1. The van der Waals surface area contributed by atoms with Crippen molar-refractivity contribution in [1.82, 2.24) is 24.9 Å². The molecule has 28 heavy (non-hydrogen) atoms. The summed E-state index contributed by atoms with van der Waals surface area (Å²) in [6.45, 7) is 1.84. The molecule has 3 heterocycles. The van der Waals surface area contributed by atoms with E-state index in [-0.39, 0.29) is 17.7 Å². The number of carbonyl (C=O) groups is 2. The lowest BCUT2D eigenvalue weighted by molar-refractivity contribution is 0.0928. The van der Waals surface area contributed by atoms with Crippen LogP contribution in [0.4, 0.5) is 0 Å². The van der Waals surface area contributed by atoms with Crippen LogP contribution in [0.25, 0.3) is 5.65 Å². The third kappa shape index (κ3) is 3.32. The molecule has 0 aliphatic heterocycles. The van der Waals surface area contributed by atoms with E-state index < -0.39 is 0 Å². The molecular weight excluding hydrogens is 374 g/mol. The van der Waals surface area contributed by atoms with Gasteiger partial charge in [-0.1, -0.05) is 6.07 Å². The Morgan fingerprint density at radius 2 is 2.21 bits per heavy atom. The third-order valence-electron chi connectivity index (χ3n) is 5.23. The number of hydrogen-bond acceptors (Lipinski definition) is 5. The molecule has 4 rings (SSSR count). The van der Waals surface area contributed by atoms with Gasteiger partial charge in [0.15, 0.2) is 17.3 Å². The molecule has 7 nitrogen and oxygen atoms in total. The predicted octanol–water partition coefficient (Wildman–Crippen LogP) is 3.11. The zero-order valence-electron chi connectivity index (χ0n) is 16.0. The number of carbonyl (C=O) groups excluding carboxylic acids is 2. The quantitative estimate of drug-likeness (QED) is 0.667. The maximum atomic E-state index is 13.1. The first kappa shape index (κ1) is 18.7. The van der Waals surface area contributed by atoms with Crippen molar-refractivity contribution in [2.24, 2.45) is 0 Å². The topological polar surface area (TPSA) is 92.1 Å². The second-order valence-corrected chi connectivity index (χ2v) is 8.04. The molecule has 0 unspecified atom stereocenters. The van der Waals surface area contributed by atoms with Gasteiger partial charge in [-0.2, -0.15) is 11.8 Å². The molecule has 1 aliphatic carbocycles. The van der Waals surface area contributed by atoms with Gasteiger partial charge in [0.1, 0.15) is 5.69 Å². The van der Waals surface area contributed by atoms with Gasteiger partial charge in [0.25, 0.3) is 5.91 Å². The highest BCUT2D eigenvalue weighted by atomic mass is 32.2. The minimum Gasteiger partial charge on any atom is -0.354 e. The van der Waals surface area contributed by atoms with Crippen molar-refractivity contribution in [2.75, 3.05) is 12.0 Å². The van der Waals surface area contributed by atoms with E-state index in [9.17, 15) is 9.59 Å². The second kappa shape index (κ2) is 7.79. The molecule has 0 saturated carbocycles. The normalized spacial score (nSPS) is 14.9. The molecule has 0 bridgehead atoms. The van der Waals surface area contributed by atoms with Crippen LogP contribution in [0.3, 0.4) is 0 Å². The standard InChI is InChI=1S/C20H23N5O2S/c1-12-17-13(6-5-7-15(17)26)21-18(12)20(27)22-14(9-11-28-2)19-24-23-16-8-3-4-10-25(16)19/h3-4,8,10,14,21H,5-7,9,11H2,1-2H3,(H,22,27)/t14-/m1/s1. The molecule has 0 aromatic carbocycles. The fraction of sp³-hybridized carbons (Fsp3) is 0.400. The molecular formula is C20H23N5O2S. The van der Waals surface area contributed by atoms with E-state index in [1.54, 1.807) is 11.8 Å². The molecule has 0 radical (unpaired) electrons. The zero-order valence-corrected chi connectivity index (χ0v) is 16.8. The Bertz CT molecular complexity index is 1040. The van der Waals surface area contributed by atoms with Crippen molar-refractivity contribution >= 4 is 29.1 Å². The number of thioether (sulfide) groups is 1. The van der Waals surface area contributed by atoms with Crippen LogP contribution in [0, 0.1) is 6.92 Å². The van der Waals surface area contributed by atoms with Gasteiger partial charge in [0, 0.05) is 23.9 Å². The van der Waals surface area contributed by atoms with Crippen LogP contribution < -0.4 is 5.32 Å². The number of nitrogens with one attached hydrogen (secondary N) is 2. The van der Waals surface area contributed by atoms with Crippen LogP contribution in [0.5, 0.6) is 0 Å². The number of H-pyrrole nitrogens is 1. The van der Waals surface area contributed by atoms with Gasteiger partial charge in [0.05, 0.1) is 6.04 Å². The van der Waals surface area contributed by atoms with E-state index in [0.717, 1.165) is 41.9 Å². The number of aromatic amines is 1. The highest BCUT2D eigenvalue weighted by molar-refractivity contribution is 7.98. The van der Waals surface area contributed by atoms with Crippen LogP contribution in [0.15, 0.2) is 24.4 Å². The SMILES string of the molecule is CSCC[C@@H](NC(=O)c1[nH]c2c(c1C)C(=O)CCC2)c1nnc2ccccn12. The summed E-state index contributed by atoms with van der Waals surface area (Å²) in [6, 6.07) is 5.45. The van der Waals surface area contributed by atoms with Crippen LogP contribution >= 0.6 is 11.8 Å². The molecule has 0 saturated heterocycles. The number of rotatable bonds is 6.